The molecule has 0 saturated heterocycles. The van der Waals surface area contributed by atoms with E-state index >= 15 is 0 Å². The van der Waals surface area contributed by atoms with Crippen LogP contribution in [0.15, 0.2) is 23.1 Å². The van der Waals surface area contributed by atoms with Gasteiger partial charge in [0.2, 0.25) is 10.0 Å². The Morgan fingerprint density at radius 2 is 1.95 bits per heavy atom. The van der Waals surface area contributed by atoms with Crippen molar-refractivity contribution in [2.75, 3.05) is 12.3 Å². The number of rotatable bonds is 4. The number of nitrogen functional groups attached to an aromatic ring is 1. The topological polar surface area (TPSA) is 72.2 Å². The molecule has 1 aliphatic rings. The molecule has 0 bridgehead atoms. The molecule has 0 unspecified atom stereocenters. The monoisotopic (exact) mass is 282 g/mol. The summed E-state index contributed by atoms with van der Waals surface area (Å²) in [6, 6.07) is 5.17. The minimum Gasteiger partial charge on any atom is -0.398 e. The van der Waals surface area contributed by atoms with Crippen LogP contribution in [0.3, 0.4) is 0 Å². The molecule has 3 N–H and O–H groups in total. The van der Waals surface area contributed by atoms with Crippen LogP contribution < -0.4 is 10.5 Å². The van der Waals surface area contributed by atoms with Gasteiger partial charge in [0.1, 0.15) is 4.90 Å². The molecule has 0 heterocycles. The third-order valence-electron chi connectivity index (χ3n) is 3.80. The predicted molar refractivity (Wildman–Crippen MR) is 77.4 cm³/mol. The summed E-state index contributed by atoms with van der Waals surface area (Å²) in [6.07, 6.45) is 5.92. The van der Waals surface area contributed by atoms with Gasteiger partial charge in [-0.1, -0.05) is 31.4 Å². The normalized spacial score (nSPS) is 17.5. The standard InChI is InChI=1S/C14H22N2O2S/c1-11-6-5-9-13(15)14(11)19(17,18)16-10-12-7-3-2-4-8-12/h5-6,9,12,16H,2-4,7-8,10,15H2,1H3. The van der Waals surface area contributed by atoms with Gasteiger partial charge in [-0.3, -0.25) is 0 Å². The number of benzene rings is 1. The maximum absolute atomic E-state index is 12.3. The molecular weight excluding hydrogens is 260 g/mol. The number of anilines is 1. The summed E-state index contributed by atoms with van der Waals surface area (Å²) in [7, 11) is -3.50. The zero-order valence-electron chi connectivity index (χ0n) is 11.4. The Balaban J connectivity index is 2.09. The summed E-state index contributed by atoms with van der Waals surface area (Å²) < 4.78 is 27.4. The van der Waals surface area contributed by atoms with Crippen molar-refractivity contribution < 1.29 is 8.42 Å². The molecule has 19 heavy (non-hydrogen) atoms. The number of nitrogens with one attached hydrogen (secondary N) is 1. The Labute approximate surface area is 115 Å². The molecule has 0 atom stereocenters. The maximum atomic E-state index is 12.3. The van der Waals surface area contributed by atoms with E-state index in [1.165, 1.54) is 19.3 Å². The van der Waals surface area contributed by atoms with Crippen molar-refractivity contribution in [3.63, 3.8) is 0 Å². The van der Waals surface area contributed by atoms with Crippen LogP contribution in [0.2, 0.25) is 0 Å². The van der Waals surface area contributed by atoms with Gasteiger partial charge in [0.05, 0.1) is 5.69 Å². The van der Waals surface area contributed by atoms with Crippen LogP contribution >= 0.6 is 0 Å². The molecule has 0 spiro atoms. The molecule has 2 rings (SSSR count). The van der Waals surface area contributed by atoms with Crippen LogP contribution in [0.4, 0.5) is 5.69 Å². The van der Waals surface area contributed by atoms with Gasteiger partial charge in [0.15, 0.2) is 0 Å². The van der Waals surface area contributed by atoms with E-state index in [1.54, 1.807) is 25.1 Å². The Kier molecular flexibility index (Phi) is 4.47. The maximum Gasteiger partial charge on any atom is 0.242 e. The Hall–Kier alpha value is -1.07. The SMILES string of the molecule is Cc1cccc(N)c1S(=O)(=O)NCC1CCCCC1. The number of hydrogen-bond donors (Lipinski definition) is 2. The van der Waals surface area contributed by atoms with Crippen LogP contribution in [0, 0.1) is 12.8 Å². The summed E-state index contributed by atoms with van der Waals surface area (Å²) in [6.45, 7) is 2.29. The molecule has 0 radical (unpaired) electrons. The molecule has 0 amide bonds. The first-order valence-corrected chi connectivity index (χ1v) is 8.34. The van der Waals surface area contributed by atoms with E-state index in [0.29, 0.717) is 23.7 Å². The van der Waals surface area contributed by atoms with Crippen molar-refractivity contribution >= 4 is 15.7 Å². The van der Waals surface area contributed by atoms with Gasteiger partial charge in [-0.05, 0) is 37.3 Å². The van der Waals surface area contributed by atoms with E-state index < -0.39 is 10.0 Å². The highest BCUT2D eigenvalue weighted by Crippen LogP contribution is 2.25. The Bertz CT molecular complexity index is 514. The average Bonchev–Trinajstić information content (AvgIpc) is 2.37. The van der Waals surface area contributed by atoms with Crippen molar-refractivity contribution in [2.45, 2.75) is 43.9 Å². The summed E-state index contributed by atoms with van der Waals surface area (Å²) in [5.74, 6) is 0.466. The van der Waals surface area contributed by atoms with Crippen molar-refractivity contribution in [3.8, 4) is 0 Å². The van der Waals surface area contributed by atoms with Crippen molar-refractivity contribution in [1.82, 2.24) is 4.72 Å². The second-order valence-corrected chi connectivity index (χ2v) is 7.05. The highest BCUT2D eigenvalue weighted by molar-refractivity contribution is 7.89. The van der Waals surface area contributed by atoms with E-state index in [1.807, 2.05) is 0 Å². The summed E-state index contributed by atoms with van der Waals surface area (Å²) in [4.78, 5) is 0.228. The smallest absolute Gasteiger partial charge is 0.242 e. The van der Waals surface area contributed by atoms with Crippen LogP contribution in [-0.4, -0.2) is 15.0 Å². The van der Waals surface area contributed by atoms with Crippen molar-refractivity contribution in [1.29, 1.82) is 0 Å². The number of hydrogen-bond acceptors (Lipinski definition) is 3. The molecule has 4 nitrogen and oxygen atoms in total. The van der Waals surface area contributed by atoms with Crippen LogP contribution in [0.1, 0.15) is 37.7 Å². The summed E-state index contributed by atoms with van der Waals surface area (Å²) in [5.41, 5.74) is 6.80. The lowest BCUT2D eigenvalue weighted by Crippen LogP contribution is -2.31. The Morgan fingerprint density at radius 3 is 2.58 bits per heavy atom. The predicted octanol–water partition coefficient (Wildman–Crippen LogP) is 2.44. The Morgan fingerprint density at radius 1 is 1.26 bits per heavy atom. The first-order chi connectivity index (χ1) is 9.00. The van der Waals surface area contributed by atoms with Gasteiger partial charge in [-0.25, -0.2) is 13.1 Å². The van der Waals surface area contributed by atoms with Gasteiger partial charge in [-0.2, -0.15) is 0 Å². The molecule has 5 heteroatoms. The van der Waals surface area contributed by atoms with E-state index in [4.69, 9.17) is 5.73 Å². The number of nitrogens with two attached hydrogens (primary N) is 1. The van der Waals surface area contributed by atoms with Gasteiger partial charge in [0, 0.05) is 6.54 Å². The number of aryl methyl sites for hydroxylation is 1. The van der Waals surface area contributed by atoms with Crippen LogP contribution in [-0.2, 0) is 10.0 Å². The van der Waals surface area contributed by atoms with Gasteiger partial charge in [0.25, 0.3) is 0 Å². The van der Waals surface area contributed by atoms with E-state index in [-0.39, 0.29) is 4.90 Å². The van der Waals surface area contributed by atoms with Crippen molar-refractivity contribution in [2.24, 2.45) is 5.92 Å². The van der Waals surface area contributed by atoms with Gasteiger partial charge >= 0.3 is 0 Å². The molecule has 106 valence electrons. The largest absolute Gasteiger partial charge is 0.398 e. The fourth-order valence-electron chi connectivity index (χ4n) is 2.73. The summed E-state index contributed by atoms with van der Waals surface area (Å²) in [5, 5.41) is 0. The third-order valence-corrected chi connectivity index (χ3v) is 5.44. The number of sulfonamides is 1. The zero-order chi connectivity index (χ0) is 13.9. The highest BCUT2D eigenvalue weighted by atomic mass is 32.2. The molecule has 0 aromatic heterocycles. The molecule has 1 aromatic rings. The van der Waals surface area contributed by atoms with E-state index in [0.717, 1.165) is 12.8 Å². The second kappa shape index (κ2) is 5.92. The van der Waals surface area contributed by atoms with Gasteiger partial charge in [-0.15, -0.1) is 0 Å². The van der Waals surface area contributed by atoms with Crippen molar-refractivity contribution in [3.05, 3.63) is 23.8 Å². The van der Waals surface area contributed by atoms with Crippen LogP contribution in [0.25, 0.3) is 0 Å². The van der Waals surface area contributed by atoms with Gasteiger partial charge < -0.3 is 5.73 Å². The van der Waals surface area contributed by atoms with Crippen LogP contribution in [0.5, 0.6) is 0 Å². The lowest BCUT2D eigenvalue weighted by molar-refractivity contribution is 0.357. The molecule has 1 fully saturated rings. The first-order valence-electron chi connectivity index (χ1n) is 6.85. The molecular formula is C14H22N2O2S. The molecule has 1 aromatic carbocycles. The zero-order valence-corrected chi connectivity index (χ0v) is 12.2. The fraction of sp³-hybridized carbons (Fsp3) is 0.571. The second-order valence-electron chi connectivity index (χ2n) is 5.35. The average molecular weight is 282 g/mol. The van der Waals surface area contributed by atoms with E-state index in [9.17, 15) is 8.42 Å². The highest BCUT2D eigenvalue weighted by Gasteiger charge is 2.22. The minimum atomic E-state index is -3.50. The fourth-order valence-corrected chi connectivity index (χ4v) is 4.20. The lowest BCUT2D eigenvalue weighted by atomic mass is 9.90. The lowest BCUT2D eigenvalue weighted by Gasteiger charge is -2.22. The minimum absolute atomic E-state index is 0.228. The summed E-state index contributed by atoms with van der Waals surface area (Å²) >= 11 is 0. The first kappa shape index (κ1) is 14.3. The van der Waals surface area contributed by atoms with E-state index in [2.05, 4.69) is 4.72 Å². The molecule has 1 aliphatic carbocycles. The quantitative estimate of drug-likeness (QED) is 0.833. The molecule has 0 aliphatic heterocycles. The third kappa shape index (κ3) is 3.48. The molecule has 1 saturated carbocycles.